The van der Waals surface area contributed by atoms with Gasteiger partial charge < -0.3 is 16.0 Å². The molecule has 3 N–H and O–H groups in total. The maximum Gasteiger partial charge on any atom is 0.228 e. The summed E-state index contributed by atoms with van der Waals surface area (Å²) in [4.78, 5) is 26.0. The Bertz CT molecular complexity index is 1090. The second-order valence-corrected chi connectivity index (χ2v) is 8.68. The molecule has 178 valence electrons. The van der Waals surface area contributed by atoms with Crippen LogP contribution in [0.1, 0.15) is 48.2 Å². The first-order valence-electron chi connectivity index (χ1n) is 11.8. The van der Waals surface area contributed by atoms with Crippen molar-refractivity contribution in [3.63, 3.8) is 0 Å². The molecule has 1 heterocycles. The van der Waals surface area contributed by atoms with Gasteiger partial charge in [-0.25, -0.2) is 4.39 Å². The summed E-state index contributed by atoms with van der Waals surface area (Å²) in [5, 5.41) is 9.66. The molecule has 1 amide bonds. The van der Waals surface area contributed by atoms with E-state index in [1.165, 1.54) is 0 Å². The minimum atomic E-state index is -0.525. The molecule has 1 aliphatic rings. The molecule has 0 bridgehead atoms. The monoisotopic (exact) mass is 462 g/mol. The van der Waals surface area contributed by atoms with Gasteiger partial charge in [-0.2, -0.15) is 15.0 Å². The molecular weight excluding hydrogens is 431 g/mol. The van der Waals surface area contributed by atoms with Crippen LogP contribution in [0, 0.1) is 12.8 Å². The van der Waals surface area contributed by atoms with Crippen molar-refractivity contribution in [3.05, 3.63) is 77.1 Å². The summed E-state index contributed by atoms with van der Waals surface area (Å²) in [6.07, 6.45) is 3.29. The molecule has 2 aromatic carbocycles. The second kappa shape index (κ2) is 11.5. The SMILES string of the molecule is Cc1nc(NCc2ccccc2)nc(NC2CCC(C(=O)NCc3ccccc3CF)CC2)n1. The first-order chi connectivity index (χ1) is 16.6. The van der Waals surface area contributed by atoms with Crippen molar-refractivity contribution in [2.45, 2.75) is 58.4 Å². The number of nitrogens with zero attached hydrogens (tertiary/aromatic N) is 3. The lowest BCUT2D eigenvalue weighted by Gasteiger charge is -2.28. The topological polar surface area (TPSA) is 91.8 Å². The van der Waals surface area contributed by atoms with Crippen LogP contribution in [0.25, 0.3) is 0 Å². The van der Waals surface area contributed by atoms with Gasteiger partial charge in [0.1, 0.15) is 12.5 Å². The summed E-state index contributed by atoms with van der Waals surface area (Å²) in [5.74, 6) is 1.75. The summed E-state index contributed by atoms with van der Waals surface area (Å²) >= 11 is 0. The van der Waals surface area contributed by atoms with Crippen LogP contribution in [0.3, 0.4) is 0 Å². The van der Waals surface area contributed by atoms with Crippen LogP contribution >= 0.6 is 0 Å². The molecule has 0 spiro atoms. The van der Waals surface area contributed by atoms with Gasteiger partial charge in [0.2, 0.25) is 17.8 Å². The van der Waals surface area contributed by atoms with Crippen LogP contribution in [-0.2, 0) is 24.6 Å². The Morgan fingerprint density at radius 1 is 0.882 bits per heavy atom. The summed E-state index contributed by atoms with van der Waals surface area (Å²) in [6, 6.07) is 17.6. The first kappa shape index (κ1) is 23.6. The van der Waals surface area contributed by atoms with E-state index in [2.05, 4.69) is 43.0 Å². The van der Waals surface area contributed by atoms with Gasteiger partial charge in [0, 0.05) is 25.0 Å². The number of halogens is 1. The van der Waals surface area contributed by atoms with Gasteiger partial charge in [0.15, 0.2) is 0 Å². The van der Waals surface area contributed by atoms with Crippen molar-refractivity contribution >= 4 is 17.8 Å². The number of anilines is 2. The Hall–Kier alpha value is -3.55. The van der Waals surface area contributed by atoms with Crippen molar-refractivity contribution < 1.29 is 9.18 Å². The Kier molecular flexibility index (Phi) is 8.01. The number of amides is 1. The standard InChI is InChI=1S/C26H31FN6O/c1-18-30-25(29-16-19-7-3-2-4-8-19)33-26(31-18)32-23-13-11-20(12-14-23)24(34)28-17-22-10-6-5-9-21(22)15-27/h2-10,20,23H,11-17H2,1H3,(H,28,34)(H2,29,30,31,32,33). The first-order valence-corrected chi connectivity index (χ1v) is 11.8. The van der Waals surface area contributed by atoms with Gasteiger partial charge in [-0.1, -0.05) is 54.6 Å². The predicted octanol–water partition coefficient (Wildman–Crippen LogP) is 4.55. The maximum absolute atomic E-state index is 13.1. The second-order valence-electron chi connectivity index (χ2n) is 8.68. The number of alkyl halides is 1. The molecule has 34 heavy (non-hydrogen) atoms. The van der Waals surface area contributed by atoms with Crippen LogP contribution in [0.5, 0.6) is 0 Å². The normalized spacial score (nSPS) is 17.7. The van der Waals surface area contributed by atoms with Crippen LogP contribution in [0.2, 0.25) is 0 Å². The van der Waals surface area contributed by atoms with Gasteiger partial charge in [-0.15, -0.1) is 0 Å². The van der Waals surface area contributed by atoms with Crippen LogP contribution in [0.4, 0.5) is 16.3 Å². The van der Waals surface area contributed by atoms with Crippen LogP contribution in [0.15, 0.2) is 54.6 Å². The van der Waals surface area contributed by atoms with Crippen LogP contribution < -0.4 is 16.0 Å². The predicted molar refractivity (Wildman–Crippen MR) is 131 cm³/mol. The van der Waals surface area contributed by atoms with Crippen molar-refractivity contribution in [1.29, 1.82) is 0 Å². The van der Waals surface area contributed by atoms with Crippen LogP contribution in [-0.4, -0.2) is 26.9 Å². The third-order valence-electron chi connectivity index (χ3n) is 6.19. The van der Waals surface area contributed by atoms with E-state index in [1.807, 2.05) is 43.3 Å². The number of nitrogens with one attached hydrogen (secondary N) is 3. The molecular formula is C26H31FN6O. The molecule has 4 rings (SSSR count). The Morgan fingerprint density at radius 3 is 2.29 bits per heavy atom. The van der Waals surface area contributed by atoms with E-state index in [9.17, 15) is 9.18 Å². The van der Waals surface area contributed by atoms with Gasteiger partial charge in [0.25, 0.3) is 0 Å². The number of benzene rings is 2. The molecule has 7 nitrogen and oxygen atoms in total. The number of hydrogen-bond donors (Lipinski definition) is 3. The average molecular weight is 463 g/mol. The summed E-state index contributed by atoms with van der Waals surface area (Å²) in [5.41, 5.74) is 2.61. The number of carbonyl (C=O) groups excluding carboxylic acids is 1. The highest BCUT2D eigenvalue weighted by atomic mass is 19.1. The number of hydrogen-bond acceptors (Lipinski definition) is 6. The lowest BCUT2D eigenvalue weighted by molar-refractivity contribution is -0.126. The van der Waals surface area contributed by atoms with Crippen molar-refractivity contribution in [3.8, 4) is 0 Å². The third kappa shape index (κ3) is 6.50. The quantitative estimate of drug-likeness (QED) is 0.432. The third-order valence-corrected chi connectivity index (χ3v) is 6.19. The number of aryl methyl sites for hydroxylation is 1. The fourth-order valence-electron chi connectivity index (χ4n) is 4.27. The molecule has 0 unspecified atom stereocenters. The number of carbonyl (C=O) groups is 1. The molecule has 1 saturated carbocycles. The van der Waals surface area contributed by atoms with Crippen molar-refractivity contribution in [2.75, 3.05) is 10.6 Å². The van der Waals surface area contributed by atoms with Crippen molar-refractivity contribution in [2.24, 2.45) is 5.92 Å². The minimum Gasteiger partial charge on any atom is -0.352 e. The van der Waals surface area contributed by atoms with Gasteiger partial charge in [-0.05, 0) is 49.3 Å². The molecule has 1 fully saturated rings. The zero-order valence-corrected chi connectivity index (χ0v) is 19.4. The van der Waals surface area contributed by atoms with Gasteiger partial charge in [-0.3, -0.25) is 4.79 Å². The fourth-order valence-corrected chi connectivity index (χ4v) is 4.27. The maximum atomic E-state index is 13.1. The van der Waals surface area contributed by atoms with E-state index in [0.29, 0.717) is 36.4 Å². The highest BCUT2D eigenvalue weighted by molar-refractivity contribution is 5.78. The summed E-state index contributed by atoms with van der Waals surface area (Å²) < 4.78 is 13.1. The van der Waals surface area contributed by atoms with E-state index in [-0.39, 0.29) is 17.9 Å². The Labute approximate surface area is 199 Å². The zero-order valence-electron chi connectivity index (χ0n) is 19.4. The lowest BCUT2D eigenvalue weighted by Crippen LogP contribution is -2.36. The van der Waals surface area contributed by atoms with E-state index in [1.54, 1.807) is 6.07 Å². The minimum absolute atomic E-state index is 0.0289. The zero-order chi connectivity index (χ0) is 23.8. The molecule has 0 atom stereocenters. The molecule has 0 radical (unpaired) electrons. The largest absolute Gasteiger partial charge is 0.352 e. The smallest absolute Gasteiger partial charge is 0.228 e. The van der Waals surface area contributed by atoms with Gasteiger partial charge >= 0.3 is 0 Å². The van der Waals surface area contributed by atoms with E-state index in [0.717, 1.165) is 36.8 Å². The van der Waals surface area contributed by atoms with E-state index in [4.69, 9.17) is 0 Å². The highest BCUT2D eigenvalue weighted by Crippen LogP contribution is 2.26. The Morgan fingerprint density at radius 2 is 1.56 bits per heavy atom. The summed E-state index contributed by atoms with van der Waals surface area (Å²) in [7, 11) is 0. The van der Waals surface area contributed by atoms with E-state index < -0.39 is 6.67 Å². The van der Waals surface area contributed by atoms with Gasteiger partial charge in [0.05, 0.1) is 0 Å². The number of rotatable bonds is 9. The Balaban J connectivity index is 1.25. The van der Waals surface area contributed by atoms with Crippen molar-refractivity contribution in [1.82, 2.24) is 20.3 Å². The highest BCUT2D eigenvalue weighted by Gasteiger charge is 2.26. The van der Waals surface area contributed by atoms with E-state index >= 15 is 0 Å². The average Bonchev–Trinajstić information content (AvgIpc) is 2.87. The number of aromatic nitrogens is 3. The molecule has 0 aliphatic heterocycles. The molecule has 0 saturated heterocycles. The molecule has 8 heteroatoms. The molecule has 1 aliphatic carbocycles. The molecule has 3 aromatic rings. The lowest BCUT2D eigenvalue weighted by atomic mass is 9.85. The molecule has 1 aromatic heterocycles. The fraction of sp³-hybridized carbons (Fsp3) is 0.385. The summed E-state index contributed by atoms with van der Waals surface area (Å²) in [6.45, 7) is 2.32.